The molecule has 1 aromatic rings. The fourth-order valence-electron chi connectivity index (χ4n) is 1.73. The molecule has 2 N–H and O–H groups in total. The van der Waals surface area contributed by atoms with Gasteiger partial charge in [-0.25, -0.2) is 9.98 Å². The topological polar surface area (TPSA) is 82.8 Å². The van der Waals surface area contributed by atoms with Crippen molar-refractivity contribution in [1.29, 1.82) is 0 Å². The van der Waals surface area contributed by atoms with Gasteiger partial charge >= 0.3 is 0 Å². The molecule has 0 aromatic carbocycles. The van der Waals surface area contributed by atoms with Gasteiger partial charge in [-0.3, -0.25) is 4.79 Å². The van der Waals surface area contributed by atoms with Crippen molar-refractivity contribution in [3.8, 4) is 0 Å². The number of nitrogens with one attached hydrogen (secondary N) is 2. The lowest BCUT2D eigenvalue weighted by Crippen LogP contribution is -2.39. The van der Waals surface area contributed by atoms with Crippen molar-refractivity contribution in [2.75, 3.05) is 27.2 Å². The predicted octanol–water partition coefficient (Wildman–Crippen LogP) is 1.51. The maximum Gasteiger partial charge on any atom is 0.223 e. The third-order valence-electron chi connectivity index (χ3n) is 3.14. The minimum absolute atomic E-state index is 0.0652. The lowest BCUT2D eigenvalue weighted by atomic mass is 9.94. The van der Waals surface area contributed by atoms with Crippen LogP contribution in [-0.2, 0) is 16.8 Å². The van der Waals surface area contributed by atoms with E-state index in [1.165, 1.54) is 0 Å². The highest BCUT2D eigenvalue weighted by Gasteiger charge is 2.19. The van der Waals surface area contributed by atoms with Crippen LogP contribution in [0.15, 0.2) is 15.6 Å². The summed E-state index contributed by atoms with van der Waals surface area (Å²) in [5, 5.41) is 6.27. The first-order valence-corrected chi connectivity index (χ1v) is 7.91. The number of guanidine groups is 1. The highest BCUT2D eigenvalue weighted by atomic mass is 16.4. The zero-order chi connectivity index (χ0) is 17.5. The van der Waals surface area contributed by atoms with Gasteiger partial charge in [0.15, 0.2) is 5.96 Å². The van der Waals surface area contributed by atoms with Gasteiger partial charge in [-0.1, -0.05) is 20.8 Å². The second-order valence-corrected chi connectivity index (χ2v) is 6.53. The number of hydrogen-bond donors (Lipinski definition) is 2. The van der Waals surface area contributed by atoms with E-state index >= 15 is 0 Å². The molecule has 0 bridgehead atoms. The summed E-state index contributed by atoms with van der Waals surface area (Å²) in [6, 6.07) is 0. The molecule has 7 nitrogen and oxygen atoms in total. The highest BCUT2D eigenvalue weighted by molar-refractivity contribution is 5.81. The number of carbonyl (C=O) groups excluding carboxylic acids is 1. The van der Waals surface area contributed by atoms with Crippen molar-refractivity contribution in [3.05, 3.63) is 17.8 Å². The maximum absolute atomic E-state index is 11.6. The first kappa shape index (κ1) is 19.0. The number of rotatable bonds is 6. The van der Waals surface area contributed by atoms with Gasteiger partial charge in [-0.2, -0.15) is 0 Å². The average molecular weight is 323 g/mol. The van der Waals surface area contributed by atoms with Gasteiger partial charge in [0.05, 0.1) is 6.20 Å². The van der Waals surface area contributed by atoms with Crippen molar-refractivity contribution in [2.45, 2.75) is 46.1 Å². The van der Waals surface area contributed by atoms with Crippen LogP contribution in [0, 0.1) is 0 Å². The SMILES string of the molecule is CCNC(=NCc1ncc(C(C)(C)C)o1)NCCC(=O)N(C)C. The predicted molar refractivity (Wildman–Crippen MR) is 91.3 cm³/mol. The Labute approximate surface area is 138 Å². The molecular formula is C16H29N5O2. The van der Waals surface area contributed by atoms with E-state index in [9.17, 15) is 4.79 Å². The molecule has 1 aromatic heterocycles. The van der Waals surface area contributed by atoms with Crippen molar-refractivity contribution in [3.63, 3.8) is 0 Å². The molecule has 0 saturated carbocycles. The van der Waals surface area contributed by atoms with E-state index in [1.54, 1.807) is 25.2 Å². The van der Waals surface area contributed by atoms with E-state index in [2.05, 4.69) is 41.4 Å². The summed E-state index contributed by atoms with van der Waals surface area (Å²) in [5.41, 5.74) is -0.0652. The Morgan fingerprint density at radius 1 is 1.35 bits per heavy atom. The molecule has 130 valence electrons. The third-order valence-corrected chi connectivity index (χ3v) is 3.14. The average Bonchev–Trinajstić information content (AvgIpc) is 2.93. The third kappa shape index (κ3) is 6.71. The molecule has 0 atom stereocenters. The van der Waals surface area contributed by atoms with E-state index in [-0.39, 0.29) is 11.3 Å². The van der Waals surface area contributed by atoms with Crippen molar-refractivity contribution in [1.82, 2.24) is 20.5 Å². The van der Waals surface area contributed by atoms with E-state index < -0.39 is 0 Å². The molecule has 0 aliphatic heterocycles. The molecule has 7 heteroatoms. The second-order valence-electron chi connectivity index (χ2n) is 6.53. The standard InChI is InChI=1S/C16H29N5O2/c1-7-17-15(18-9-8-14(22)21(5)6)20-11-13-19-10-12(23-13)16(2,3)4/h10H,7-9,11H2,1-6H3,(H2,17,18,20). The van der Waals surface area contributed by atoms with Gasteiger partial charge in [0.1, 0.15) is 12.3 Å². The Morgan fingerprint density at radius 3 is 2.57 bits per heavy atom. The summed E-state index contributed by atoms with van der Waals surface area (Å²) in [6.45, 7) is 9.85. The molecule has 1 heterocycles. The van der Waals surface area contributed by atoms with Crippen LogP contribution in [0.1, 0.15) is 45.8 Å². The number of aromatic nitrogens is 1. The number of hydrogen-bond acceptors (Lipinski definition) is 4. The van der Waals surface area contributed by atoms with Crippen LogP contribution in [0.5, 0.6) is 0 Å². The Hall–Kier alpha value is -2.05. The highest BCUT2D eigenvalue weighted by Crippen LogP contribution is 2.22. The number of nitrogens with zero attached hydrogens (tertiary/aromatic N) is 3. The Morgan fingerprint density at radius 2 is 2.04 bits per heavy atom. The Kier molecular flexibility index (Phi) is 7.06. The molecule has 0 aliphatic carbocycles. The van der Waals surface area contributed by atoms with E-state index in [1.807, 2.05) is 6.92 Å². The zero-order valence-electron chi connectivity index (χ0n) is 15.1. The van der Waals surface area contributed by atoms with Gasteiger partial charge in [0.25, 0.3) is 0 Å². The van der Waals surface area contributed by atoms with E-state index in [4.69, 9.17) is 4.42 Å². The van der Waals surface area contributed by atoms with Crippen LogP contribution in [0.3, 0.4) is 0 Å². The number of carbonyl (C=O) groups is 1. The minimum atomic E-state index is -0.0652. The lowest BCUT2D eigenvalue weighted by molar-refractivity contribution is -0.128. The van der Waals surface area contributed by atoms with Crippen LogP contribution < -0.4 is 10.6 Å². The van der Waals surface area contributed by atoms with Crippen LogP contribution >= 0.6 is 0 Å². The molecular weight excluding hydrogens is 294 g/mol. The molecule has 23 heavy (non-hydrogen) atoms. The molecule has 0 saturated heterocycles. The van der Waals surface area contributed by atoms with Crippen LogP contribution in [0.2, 0.25) is 0 Å². The Bertz CT molecular complexity index is 529. The fourth-order valence-corrected chi connectivity index (χ4v) is 1.73. The summed E-state index contributed by atoms with van der Waals surface area (Å²) < 4.78 is 5.72. The summed E-state index contributed by atoms with van der Waals surface area (Å²) in [4.78, 5) is 21.8. The molecule has 0 aliphatic rings. The van der Waals surface area contributed by atoms with Gasteiger partial charge in [0.2, 0.25) is 11.8 Å². The van der Waals surface area contributed by atoms with Gasteiger partial charge in [-0.15, -0.1) is 0 Å². The molecule has 0 unspecified atom stereocenters. The molecule has 1 amide bonds. The fraction of sp³-hybridized carbons (Fsp3) is 0.688. The number of aliphatic imine (C=N–C) groups is 1. The summed E-state index contributed by atoms with van der Waals surface area (Å²) in [5.74, 6) is 2.15. The lowest BCUT2D eigenvalue weighted by Gasteiger charge is -2.13. The number of oxazole rings is 1. The van der Waals surface area contributed by atoms with Crippen LogP contribution in [0.25, 0.3) is 0 Å². The summed E-state index contributed by atoms with van der Waals surface area (Å²) in [7, 11) is 3.49. The van der Waals surface area contributed by atoms with Crippen molar-refractivity contribution < 1.29 is 9.21 Å². The van der Waals surface area contributed by atoms with Gasteiger partial charge in [-0.05, 0) is 6.92 Å². The first-order valence-electron chi connectivity index (χ1n) is 7.91. The minimum Gasteiger partial charge on any atom is -0.443 e. The normalized spacial score (nSPS) is 12.2. The second kappa shape index (κ2) is 8.55. The van der Waals surface area contributed by atoms with E-state index in [0.717, 1.165) is 12.3 Å². The van der Waals surface area contributed by atoms with Crippen LogP contribution in [0.4, 0.5) is 0 Å². The van der Waals surface area contributed by atoms with Crippen molar-refractivity contribution >= 4 is 11.9 Å². The summed E-state index contributed by atoms with van der Waals surface area (Å²) in [6.07, 6.45) is 2.17. The quantitative estimate of drug-likeness (QED) is 0.612. The molecule has 1 rings (SSSR count). The zero-order valence-corrected chi connectivity index (χ0v) is 15.1. The van der Waals surface area contributed by atoms with Gasteiger partial charge in [0, 0.05) is 39.0 Å². The Balaban J connectivity index is 2.57. The first-order chi connectivity index (χ1) is 10.7. The van der Waals surface area contributed by atoms with Crippen molar-refractivity contribution in [2.24, 2.45) is 4.99 Å². The molecule has 0 radical (unpaired) electrons. The van der Waals surface area contributed by atoms with Gasteiger partial charge < -0.3 is 20.0 Å². The van der Waals surface area contributed by atoms with Crippen LogP contribution in [-0.4, -0.2) is 48.9 Å². The molecule has 0 spiro atoms. The summed E-state index contributed by atoms with van der Waals surface area (Å²) >= 11 is 0. The van der Waals surface area contributed by atoms with E-state index in [0.29, 0.717) is 31.4 Å². The smallest absolute Gasteiger partial charge is 0.223 e. The number of amides is 1. The molecule has 0 fully saturated rings. The monoisotopic (exact) mass is 323 g/mol. The largest absolute Gasteiger partial charge is 0.443 e. The maximum atomic E-state index is 11.6.